The minimum Gasteiger partial charge on any atom is -0.462 e. The molecule has 0 spiro atoms. The quantitative estimate of drug-likeness (QED) is 0.0261. The van der Waals surface area contributed by atoms with Crippen molar-refractivity contribution in [3.05, 3.63) is 134 Å². The highest BCUT2D eigenvalue weighted by Gasteiger charge is 2.19. The van der Waals surface area contributed by atoms with E-state index in [9.17, 15) is 14.4 Å². The van der Waals surface area contributed by atoms with Crippen molar-refractivity contribution in [2.24, 2.45) is 0 Å². The lowest BCUT2D eigenvalue weighted by atomic mass is 10.1. The van der Waals surface area contributed by atoms with Crippen LogP contribution >= 0.6 is 0 Å². The summed E-state index contributed by atoms with van der Waals surface area (Å²) in [5.41, 5.74) is 0. The van der Waals surface area contributed by atoms with Gasteiger partial charge in [0.25, 0.3) is 0 Å². The topological polar surface area (TPSA) is 78.9 Å². The van der Waals surface area contributed by atoms with E-state index in [1.165, 1.54) is 77.0 Å². The fourth-order valence-corrected chi connectivity index (χ4v) is 8.35. The van der Waals surface area contributed by atoms with Crippen molar-refractivity contribution in [3.63, 3.8) is 0 Å². The van der Waals surface area contributed by atoms with E-state index in [1.807, 2.05) is 0 Å². The van der Waals surface area contributed by atoms with Crippen LogP contribution < -0.4 is 0 Å². The third-order valence-corrected chi connectivity index (χ3v) is 13.1. The second-order valence-corrected chi connectivity index (χ2v) is 20.6. The summed E-state index contributed by atoms with van der Waals surface area (Å²) in [6.45, 7) is 6.44. The fraction of sp³-hybridized carbons (Fsp3) is 0.648. The van der Waals surface area contributed by atoms with Gasteiger partial charge in [0.15, 0.2) is 6.10 Å². The van der Waals surface area contributed by atoms with Crippen molar-refractivity contribution in [3.8, 4) is 0 Å². The first-order valence-corrected chi connectivity index (χ1v) is 31.7. The summed E-state index contributed by atoms with van der Waals surface area (Å²) in [5, 5.41) is 0. The predicted molar refractivity (Wildman–Crippen MR) is 334 cm³/mol. The maximum Gasteiger partial charge on any atom is 0.306 e. The van der Waals surface area contributed by atoms with Gasteiger partial charge in [-0.2, -0.15) is 0 Å². The Labute approximate surface area is 475 Å². The number of ether oxygens (including phenoxy) is 3. The van der Waals surface area contributed by atoms with Gasteiger partial charge in [0.05, 0.1) is 0 Å². The van der Waals surface area contributed by atoms with E-state index in [4.69, 9.17) is 14.2 Å². The molecule has 6 nitrogen and oxygen atoms in total. The average molecular weight is 1070 g/mol. The third kappa shape index (κ3) is 62.3. The highest BCUT2D eigenvalue weighted by Crippen LogP contribution is 2.14. The number of allylic oxidation sites excluding steroid dienone is 22. The second-order valence-electron chi connectivity index (χ2n) is 20.6. The molecule has 436 valence electrons. The first kappa shape index (κ1) is 72.5. The molecule has 1 atom stereocenters. The molecule has 0 aliphatic carbocycles. The molecule has 0 bridgehead atoms. The molecule has 0 aromatic rings. The van der Waals surface area contributed by atoms with E-state index in [1.54, 1.807) is 0 Å². The molecular weight excluding hydrogens is 949 g/mol. The minimum atomic E-state index is -0.802. The highest BCUT2D eigenvalue weighted by atomic mass is 16.6. The summed E-state index contributed by atoms with van der Waals surface area (Å²) >= 11 is 0. The maximum absolute atomic E-state index is 12.9. The second kappa shape index (κ2) is 64.1. The number of rotatable bonds is 56. The molecule has 0 amide bonds. The summed E-state index contributed by atoms with van der Waals surface area (Å²) < 4.78 is 16.9. The van der Waals surface area contributed by atoms with Crippen molar-refractivity contribution in [1.29, 1.82) is 0 Å². The van der Waals surface area contributed by atoms with Crippen molar-refractivity contribution in [2.75, 3.05) is 13.2 Å². The smallest absolute Gasteiger partial charge is 0.306 e. The summed E-state index contributed by atoms with van der Waals surface area (Å²) in [6.07, 6.45) is 90.2. The van der Waals surface area contributed by atoms with E-state index in [0.29, 0.717) is 19.3 Å². The van der Waals surface area contributed by atoms with Crippen molar-refractivity contribution < 1.29 is 28.6 Å². The molecule has 0 aromatic heterocycles. The Hall–Kier alpha value is -4.45. The Morgan fingerprint density at radius 1 is 0.273 bits per heavy atom. The number of esters is 3. The summed E-state index contributed by atoms with van der Waals surface area (Å²) in [6, 6.07) is 0. The van der Waals surface area contributed by atoms with Crippen LogP contribution in [0.1, 0.15) is 278 Å². The van der Waals surface area contributed by atoms with Crippen LogP contribution in [0.25, 0.3) is 0 Å². The van der Waals surface area contributed by atoms with Crippen molar-refractivity contribution in [2.45, 2.75) is 284 Å². The first-order chi connectivity index (χ1) is 38.0. The van der Waals surface area contributed by atoms with Gasteiger partial charge in [-0.3, -0.25) is 14.4 Å². The van der Waals surface area contributed by atoms with Crippen molar-refractivity contribution in [1.82, 2.24) is 0 Å². The molecular formula is C71H116O6. The third-order valence-electron chi connectivity index (χ3n) is 13.1. The lowest BCUT2D eigenvalue weighted by Gasteiger charge is -2.18. The molecule has 0 radical (unpaired) electrons. The van der Waals surface area contributed by atoms with E-state index in [0.717, 1.165) is 161 Å². The van der Waals surface area contributed by atoms with Crippen LogP contribution in [0, 0.1) is 0 Å². The zero-order valence-corrected chi connectivity index (χ0v) is 49.9. The summed E-state index contributed by atoms with van der Waals surface area (Å²) in [7, 11) is 0. The molecule has 0 N–H and O–H groups in total. The Morgan fingerprint density at radius 3 is 0.844 bits per heavy atom. The van der Waals surface area contributed by atoms with Gasteiger partial charge in [-0.25, -0.2) is 0 Å². The monoisotopic (exact) mass is 1060 g/mol. The fourth-order valence-electron chi connectivity index (χ4n) is 8.35. The largest absolute Gasteiger partial charge is 0.462 e. The molecule has 77 heavy (non-hydrogen) atoms. The Bertz CT molecular complexity index is 1650. The number of unbranched alkanes of at least 4 members (excludes halogenated alkanes) is 23. The number of carbonyl (C=O) groups is 3. The van der Waals surface area contributed by atoms with E-state index >= 15 is 0 Å². The molecule has 6 heteroatoms. The van der Waals surface area contributed by atoms with Crippen LogP contribution in [0.3, 0.4) is 0 Å². The van der Waals surface area contributed by atoms with Gasteiger partial charge in [-0.05, 0) is 135 Å². The average Bonchev–Trinajstić information content (AvgIpc) is 3.43. The molecule has 1 unspecified atom stereocenters. The number of carbonyl (C=O) groups excluding carboxylic acids is 3. The molecule has 0 heterocycles. The van der Waals surface area contributed by atoms with Crippen LogP contribution in [0.2, 0.25) is 0 Å². The zero-order chi connectivity index (χ0) is 55.7. The zero-order valence-electron chi connectivity index (χ0n) is 49.9. The van der Waals surface area contributed by atoms with Gasteiger partial charge in [-0.1, -0.05) is 257 Å². The molecule has 0 saturated heterocycles. The predicted octanol–water partition coefficient (Wildman–Crippen LogP) is 21.8. The Kier molecular flexibility index (Phi) is 60.4. The normalized spacial score (nSPS) is 13.0. The van der Waals surface area contributed by atoms with Gasteiger partial charge in [-0.15, -0.1) is 0 Å². The van der Waals surface area contributed by atoms with Gasteiger partial charge in [0, 0.05) is 19.3 Å². The standard InChI is InChI=1S/C71H116O6/c1-4-7-10-13-16-19-22-24-26-28-30-32-33-34-35-36-37-39-40-42-44-46-49-52-55-58-61-64-70(73)76-67-68(66-75-69(72)63-60-57-54-51-48-21-18-15-12-9-6-3)77-71(74)65-62-59-56-53-50-47-45-43-41-38-31-29-27-25-23-20-17-14-11-8-5-2/h7,10,15-16,18-19,23-26,29-32,34-35,37,39,41-44,68H,4-6,8-9,11-14,17,20-22,27-28,33,36,38,40,45-67H2,1-3H3/b10-7-,18-15-,19-16-,25-23-,26-24-,31-29-,32-30-,35-34-,39-37-,43-41-,44-42-. The van der Waals surface area contributed by atoms with Gasteiger partial charge < -0.3 is 14.2 Å². The molecule has 0 fully saturated rings. The SMILES string of the molecule is CC/C=C\C/C=C\C/C=C\C/C=C\C/C=C\C/C=C\C/C=C\CCCCCCCC(=O)OCC(COC(=O)CCCCCCC/C=C\CCCC)OC(=O)CCCCCCCC/C=C\C/C=C\C/C=C\CCCCCCC. The van der Waals surface area contributed by atoms with Crippen LogP contribution in [0.5, 0.6) is 0 Å². The summed E-state index contributed by atoms with van der Waals surface area (Å²) in [5.74, 6) is -0.940. The highest BCUT2D eigenvalue weighted by molar-refractivity contribution is 5.71. The maximum atomic E-state index is 12.9. The van der Waals surface area contributed by atoms with Crippen LogP contribution in [0.4, 0.5) is 0 Å². The number of hydrogen-bond donors (Lipinski definition) is 0. The molecule has 0 rings (SSSR count). The van der Waals surface area contributed by atoms with Gasteiger partial charge in [0.2, 0.25) is 0 Å². The Morgan fingerprint density at radius 2 is 0.519 bits per heavy atom. The summed E-state index contributed by atoms with van der Waals surface area (Å²) in [4.78, 5) is 38.2. The number of hydrogen-bond acceptors (Lipinski definition) is 6. The molecule has 0 saturated carbocycles. The van der Waals surface area contributed by atoms with Gasteiger partial charge >= 0.3 is 17.9 Å². The van der Waals surface area contributed by atoms with Crippen LogP contribution in [0.15, 0.2) is 134 Å². The van der Waals surface area contributed by atoms with Crippen molar-refractivity contribution >= 4 is 17.9 Å². The Balaban J connectivity index is 4.39. The molecule has 0 aliphatic rings. The molecule has 0 aromatic carbocycles. The van der Waals surface area contributed by atoms with Gasteiger partial charge in [0.1, 0.15) is 13.2 Å². The molecule has 0 aliphatic heterocycles. The van der Waals surface area contributed by atoms with Crippen LogP contribution in [-0.2, 0) is 28.6 Å². The van der Waals surface area contributed by atoms with E-state index < -0.39 is 6.10 Å². The van der Waals surface area contributed by atoms with Crippen LogP contribution in [-0.4, -0.2) is 37.2 Å². The van der Waals surface area contributed by atoms with E-state index in [2.05, 4.69) is 154 Å². The van der Waals surface area contributed by atoms with E-state index in [-0.39, 0.29) is 31.1 Å². The minimum absolute atomic E-state index is 0.0978. The lowest BCUT2D eigenvalue weighted by molar-refractivity contribution is -0.167. The lowest BCUT2D eigenvalue weighted by Crippen LogP contribution is -2.30. The first-order valence-electron chi connectivity index (χ1n) is 31.7.